The first kappa shape index (κ1) is 20.1. The Morgan fingerprint density at radius 3 is 2.46 bits per heavy atom. The number of thiophene rings is 1. The van der Waals surface area contributed by atoms with Gasteiger partial charge in [0, 0.05) is 33.2 Å². The Labute approximate surface area is 169 Å². The maximum atomic E-state index is 12.4. The van der Waals surface area contributed by atoms with Gasteiger partial charge in [0.2, 0.25) is 0 Å². The fraction of sp³-hybridized carbons (Fsp3) is 0.381. The number of rotatable bonds is 8. The average molecular weight is 399 g/mol. The topological polar surface area (TPSA) is 65.0 Å². The summed E-state index contributed by atoms with van der Waals surface area (Å²) in [7, 11) is 2.03. The maximum Gasteiger partial charge on any atom is 0.261 e. The van der Waals surface area contributed by atoms with Crippen LogP contribution in [-0.2, 0) is 6.54 Å². The molecule has 0 spiro atoms. The van der Waals surface area contributed by atoms with Crippen molar-refractivity contribution < 1.29 is 9.59 Å². The second-order valence-electron chi connectivity index (χ2n) is 6.74. The minimum Gasteiger partial charge on any atom is -0.357 e. The summed E-state index contributed by atoms with van der Waals surface area (Å²) in [6.45, 7) is 4.76. The summed E-state index contributed by atoms with van der Waals surface area (Å²) in [4.78, 5) is 32.9. The van der Waals surface area contributed by atoms with E-state index in [1.807, 2.05) is 7.05 Å². The highest BCUT2D eigenvalue weighted by Crippen LogP contribution is 2.22. The number of imide groups is 1. The molecule has 1 aromatic heterocycles. The van der Waals surface area contributed by atoms with Crippen molar-refractivity contribution in [2.45, 2.75) is 26.3 Å². The Bertz CT molecular complexity index is 813. The normalized spacial score (nSPS) is 13.8. The van der Waals surface area contributed by atoms with Gasteiger partial charge in [-0.15, -0.1) is 0 Å². The predicted molar refractivity (Wildman–Crippen MR) is 113 cm³/mol. The van der Waals surface area contributed by atoms with Gasteiger partial charge in [0.25, 0.3) is 11.8 Å². The van der Waals surface area contributed by atoms with E-state index in [0.717, 1.165) is 31.9 Å². The van der Waals surface area contributed by atoms with E-state index in [1.165, 1.54) is 10.5 Å². The quantitative estimate of drug-likeness (QED) is 0.321. The number of hydrogen-bond donors (Lipinski definition) is 1. The van der Waals surface area contributed by atoms with Crippen molar-refractivity contribution in [2.24, 2.45) is 4.99 Å². The molecule has 148 valence electrons. The third-order valence-electron chi connectivity index (χ3n) is 4.63. The van der Waals surface area contributed by atoms with Crippen LogP contribution >= 0.6 is 11.3 Å². The van der Waals surface area contributed by atoms with Crippen molar-refractivity contribution in [1.29, 1.82) is 0 Å². The summed E-state index contributed by atoms with van der Waals surface area (Å²) in [5, 5.41) is 7.53. The molecule has 3 rings (SSSR count). The zero-order valence-corrected chi connectivity index (χ0v) is 17.2. The molecule has 6 nitrogen and oxygen atoms in total. The predicted octanol–water partition coefficient (Wildman–Crippen LogP) is 3.22. The average Bonchev–Trinajstić information content (AvgIpc) is 3.29. The highest BCUT2D eigenvalue weighted by molar-refractivity contribution is 7.07. The lowest BCUT2D eigenvalue weighted by atomic mass is 10.1. The van der Waals surface area contributed by atoms with E-state index in [0.29, 0.717) is 24.2 Å². The Balaban J connectivity index is 1.48. The summed E-state index contributed by atoms with van der Waals surface area (Å²) in [6.07, 6.45) is 1.55. The Morgan fingerprint density at radius 1 is 1.14 bits per heavy atom. The van der Waals surface area contributed by atoms with Crippen LogP contribution in [0.25, 0.3) is 0 Å². The molecule has 0 aliphatic carbocycles. The van der Waals surface area contributed by atoms with E-state index in [9.17, 15) is 9.59 Å². The minimum absolute atomic E-state index is 0.187. The summed E-state index contributed by atoms with van der Waals surface area (Å²) >= 11 is 1.69. The number of nitrogens with zero attached hydrogens (tertiary/aromatic N) is 3. The van der Waals surface area contributed by atoms with E-state index >= 15 is 0 Å². The number of carbonyl (C=O) groups excluding carboxylic acids is 2. The van der Waals surface area contributed by atoms with E-state index in [4.69, 9.17) is 0 Å². The van der Waals surface area contributed by atoms with Crippen molar-refractivity contribution in [3.63, 3.8) is 0 Å². The van der Waals surface area contributed by atoms with Crippen molar-refractivity contribution in [2.75, 3.05) is 26.7 Å². The first-order valence-electron chi connectivity index (χ1n) is 9.57. The van der Waals surface area contributed by atoms with Gasteiger partial charge < -0.3 is 10.2 Å². The summed E-state index contributed by atoms with van der Waals surface area (Å²) in [6, 6.07) is 9.12. The fourth-order valence-electron chi connectivity index (χ4n) is 3.21. The Morgan fingerprint density at radius 2 is 1.86 bits per heavy atom. The van der Waals surface area contributed by atoms with E-state index in [1.54, 1.807) is 35.6 Å². The molecule has 0 saturated heterocycles. The zero-order valence-electron chi connectivity index (χ0n) is 16.4. The molecular formula is C21H26N4O2S. The summed E-state index contributed by atoms with van der Waals surface area (Å²) in [5.74, 6) is 0.496. The number of amides is 2. The Hall–Kier alpha value is -2.67. The van der Waals surface area contributed by atoms with Crippen LogP contribution in [0, 0.1) is 0 Å². The van der Waals surface area contributed by atoms with Crippen molar-refractivity contribution in [1.82, 2.24) is 15.1 Å². The molecule has 1 N–H and O–H groups in total. The molecule has 28 heavy (non-hydrogen) atoms. The first-order chi connectivity index (χ1) is 13.6. The van der Waals surface area contributed by atoms with Gasteiger partial charge in [0.15, 0.2) is 5.96 Å². The van der Waals surface area contributed by atoms with Gasteiger partial charge in [-0.25, -0.2) is 0 Å². The van der Waals surface area contributed by atoms with Crippen molar-refractivity contribution in [3.8, 4) is 0 Å². The molecule has 2 heterocycles. The molecule has 0 bridgehead atoms. The maximum absolute atomic E-state index is 12.4. The second kappa shape index (κ2) is 9.50. The molecule has 0 radical (unpaired) electrons. The van der Waals surface area contributed by atoms with Crippen LogP contribution in [0.15, 0.2) is 46.1 Å². The van der Waals surface area contributed by atoms with Crippen LogP contribution in [0.4, 0.5) is 0 Å². The van der Waals surface area contributed by atoms with Crippen LogP contribution in [-0.4, -0.2) is 54.3 Å². The van der Waals surface area contributed by atoms with E-state index < -0.39 is 0 Å². The number of guanidine groups is 1. The lowest BCUT2D eigenvalue weighted by Gasteiger charge is -2.21. The fourth-order valence-corrected chi connectivity index (χ4v) is 3.87. The number of benzene rings is 1. The Kier molecular flexibility index (Phi) is 6.81. The van der Waals surface area contributed by atoms with E-state index in [-0.39, 0.29) is 11.8 Å². The van der Waals surface area contributed by atoms with Crippen LogP contribution in [0.2, 0.25) is 0 Å². The number of hydrogen-bond acceptors (Lipinski definition) is 4. The molecule has 0 fully saturated rings. The van der Waals surface area contributed by atoms with Gasteiger partial charge in [0.05, 0.1) is 11.1 Å². The molecule has 0 atom stereocenters. The highest BCUT2D eigenvalue weighted by atomic mass is 32.1. The monoisotopic (exact) mass is 398 g/mol. The summed E-state index contributed by atoms with van der Waals surface area (Å²) in [5.41, 5.74) is 2.29. The van der Waals surface area contributed by atoms with Crippen LogP contribution in [0.1, 0.15) is 46.0 Å². The number of unbranched alkanes of at least 4 members (excludes halogenated alkanes) is 1. The van der Waals surface area contributed by atoms with Gasteiger partial charge in [-0.05, 0) is 54.3 Å². The van der Waals surface area contributed by atoms with Crippen LogP contribution in [0.3, 0.4) is 0 Å². The molecule has 0 unspecified atom stereocenters. The van der Waals surface area contributed by atoms with Gasteiger partial charge in [-0.1, -0.05) is 12.1 Å². The number of nitrogens with one attached hydrogen (secondary N) is 1. The van der Waals surface area contributed by atoms with Gasteiger partial charge >= 0.3 is 0 Å². The molecular weight excluding hydrogens is 372 g/mol. The molecule has 0 saturated carbocycles. The SMILES string of the molecule is CCNC(=NCCCCN1C(=O)c2ccccc2C1=O)N(C)Cc1ccsc1. The first-order valence-corrected chi connectivity index (χ1v) is 10.5. The number of fused-ring (bicyclic) bond motifs is 1. The molecule has 1 aliphatic heterocycles. The van der Waals surface area contributed by atoms with Crippen molar-refractivity contribution >= 4 is 29.1 Å². The van der Waals surface area contributed by atoms with Gasteiger partial charge in [0.1, 0.15) is 0 Å². The third kappa shape index (κ3) is 4.59. The largest absolute Gasteiger partial charge is 0.357 e. The smallest absolute Gasteiger partial charge is 0.261 e. The lowest BCUT2D eigenvalue weighted by Crippen LogP contribution is -2.38. The second-order valence-corrected chi connectivity index (χ2v) is 7.52. The van der Waals surface area contributed by atoms with Crippen molar-refractivity contribution in [3.05, 3.63) is 57.8 Å². The molecule has 7 heteroatoms. The molecule has 2 aromatic rings. The minimum atomic E-state index is -0.187. The zero-order chi connectivity index (χ0) is 19.9. The summed E-state index contributed by atoms with van der Waals surface area (Å²) < 4.78 is 0. The standard InChI is InChI=1S/C21H26N4O2S/c1-3-22-21(24(2)14-16-10-13-28-15-16)23-11-6-7-12-25-19(26)17-8-4-5-9-18(17)20(25)27/h4-5,8-10,13,15H,3,6-7,11-12,14H2,1-2H3,(H,22,23). The van der Waals surface area contributed by atoms with E-state index in [2.05, 4.69) is 39.0 Å². The molecule has 1 aromatic carbocycles. The lowest BCUT2D eigenvalue weighted by molar-refractivity contribution is 0.0652. The van der Waals surface area contributed by atoms with Crippen LogP contribution in [0.5, 0.6) is 0 Å². The number of aliphatic imine (C=N–C) groups is 1. The van der Waals surface area contributed by atoms with Crippen LogP contribution < -0.4 is 5.32 Å². The van der Waals surface area contributed by atoms with Gasteiger partial charge in [-0.2, -0.15) is 11.3 Å². The van der Waals surface area contributed by atoms with Gasteiger partial charge in [-0.3, -0.25) is 19.5 Å². The third-order valence-corrected chi connectivity index (χ3v) is 5.36. The molecule has 1 aliphatic rings. The number of carbonyl (C=O) groups is 2. The molecule has 2 amide bonds. The highest BCUT2D eigenvalue weighted by Gasteiger charge is 2.34.